The summed E-state index contributed by atoms with van der Waals surface area (Å²) in [6.45, 7) is -1.86. The summed E-state index contributed by atoms with van der Waals surface area (Å²) in [6, 6.07) is 0. The number of nitrogens with one attached hydrogen (secondary N) is 1. The van der Waals surface area contributed by atoms with Crippen molar-refractivity contribution >= 4 is 11.9 Å². The van der Waals surface area contributed by atoms with Gasteiger partial charge in [-0.3, -0.25) is 4.79 Å². The Kier molecular flexibility index (Phi) is 4.57. The Bertz CT molecular complexity index is 242. The molecule has 0 radical (unpaired) electrons. The number of alkyl halides is 6. The smallest absolute Gasteiger partial charge is 0.457 e. The molecule has 0 aliphatic rings. The van der Waals surface area contributed by atoms with Gasteiger partial charge in [0.1, 0.15) is 6.61 Å². The van der Waals surface area contributed by atoms with Crippen LogP contribution in [0.4, 0.5) is 26.3 Å². The van der Waals surface area contributed by atoms with Gasteiger partial charge in [0.2, 0.25) is 0 Å². The molecule has 1 amide bonds. The number of esters is 1. The van der Waals surface area contributed by atoms with E-state index in [0.717, 1.165) is 0 Å². The van der Waals surface area contributed by atoms with Crippen LogP contribution in [0.1, 0.15) is 0 Å². The fourth-order valence-corrected chi connectivity index (χ4v) is 0.490. The molecule has 4 nitrogen and oxygen atoms in total. The average molecular weight is 253 g/mol. The second-order valence-corrected chi connectivity index (χ2v) is 2.39. The number of carbonyl (C=O) groups is 2. The molecule has 0 rings (SSSR count). The Morgan fingerprint density at radius 3 is 1.88 bits per heavy atom. The topological polar surface area (TPSA) is 55.4 Å². The Balaban J connectivity index is 3.79. The molecule has 94 valence electrons. The van der Waals surface area contributed by atoms with E-state index >= 15 is 0 Å². The summed E-state index contributed by atoms with van der Waals surface area (Å²) in [5.41, 5.74) is 0. The summed E-state index contributed by atoms with van der Waals surface area (Å²) in [4.78, 5) is 20.1. The van der Waals surface area contributed by atoms with E-state index in [2.05, 4.69) is 4.74 Å². The molecule has 10 heteroatoms. The second kappa shape index (κ2) is 5.03. The molecule has 0 heterocycles. The Morgan fingerprint density at radius 2 is 1.50 bits per heavy atom. The number of carbonyl (C=O) groups excluding carboxylic acids is 2. The Labute approximate surface area is 84.5 Å². The molecule has 0 saturated carbocycles. The highest BCUT2D eigenvalue weighted by Crippen LogP contribution is 2.16. The highest BCUT2D eigenvalue weighted by Gasteiger charge is 2.41. The number of halogens is 6. The fourth-order valence-electron chi connectivity index (χ4n) is 0.490. The van der Waals surface area contributed by atoms with Crippen molar-refractivity contribution in [3.63, 3.8) is 0 Å². The van der Waals surface area contributed by atoms with Gasteiger partial charge in [-0.15, -0.1) is 0 Å². The first-order valence-corrected chi connectivity index (χ1v) is 3.64. The number of hydrogen-bond acceptors (Lipinski definition) is 3. The predicted octanol–water partition coefficient (Wildman–Crippen LogP) is 0.770. The molecular weight excluding hydrogens is 248 g/mol. The zero-order valence-electron chi connectivity index (χ0n) is 7.41. The van der Waals surface area contributed by atoms with Crippen LogP contribution in [0.25, 0.3) is 0 Å². The van der Waals surface area contributed by atoms with E-state index < -0.39 is 37.4 Å². The SMILES string of the molecule is O=C(NCCOC(=O)C(F)(F)F)C(F)(F)F. The Morgan fingerprint density at radius 1 is 1.00 bits per heavy atom. The number of amides is 1. The monoisotopic (exact) mass is 253 g/mol. The zero-order chi connectivity index (χ0) is 13.0. The minimum absolute atomic E-state index is 0.861. The van der Waals surface area contributed by atoms with Crippen LogP contribution in [0.3, 0.4) is 0 Å². The molecule has 1 N–H and O–H groups in total. The molecule has 0 unspecified atom stereocenters. The molecule has 0 bridgehead atoms. The first-order chi connectivity index (χ1) is 7.05. The van der Waals surface area contributed by atoms with E-state index in [1.54, 1.807) is 0 Å². The molecule has 0 aromatic heterocycles. The maximum absolute atomic E-state index is 11.5. The van der Waals surface area contributed by atoms with Gasteiger partial charge in [0.05, 0.1) is 6.54 Å². The van der Waals surface area contributed by atoms with E-state index in [9.17, 15) is 35.9 Å². The normalized spacial score (nSPS) is 12.1. The van der Waals surface area contributed by atoms with Gasteiger partial charge in [-0.2, -0.15) is 26.3 Å². The van der Waals surface area contributed by atoms with E-state index in [1.807, 2.05) is 0 Å². The summed E-state index contributed by atoms with van der Waals surface area (Å²) >= 11 is 0. The summed E-state index contributed by atoms with van der Waals surface area (Å²) < 4.78 is 72.5. The van der Waals surface area contributed by atoms with Crippen molar-refractivity contribution in [3.8, 4) is 0 Å². The van der Waals surface area contributed by atoms with E-state index in [1.165, 1.54) is 5.32 Å². The fraction of sp³-hybridized carbons (Fsp3) is 0.667. The summed E-state index contributed by atoms with van der Waals surface area (Å²) in [7, 11) is 0. The second-order valence-electron chi connectivity index (χ2n) is 2.39. The summed E-state index contributed by atoms with van der Waals surface area (Å²) in [5.74, 6) is -4.86. The summed E-state index contributed by atoms with van der Waals surface area (Å²) in [5, 5.41) is 1.22. The summed E-state index contributed by atoms with van der Waals surface area (Å²) in [6.07, 6.45) is -10.3. The highest BCUT2D eigenvalue weighted by molar-refractivity contribution is 5.81. The van der Waals surface area contributed by atoms with Gasteiger partial charge < -0.3 is 10.1 Å². The molecular formula is C6H5F6NO3. The highest BCUT2D eigenvalue weighted by atomic mass is 19.4. The van der Waals surface area contributed by atoms with Crippen molar-refractivity contribution in [3.05, 3.63) is 0 Å². The molecule has 16 heavy (non-hydrogen) atoms. The van der Waals surface area contributed by atoms with Crippen LogP contribution in [0.15, 0.2) is 0 Å². The van der Waals surface area contributed by atoms with Crippen LogP contribution < -0.4 is 5.32 Å². The molecule has 0 aliphatic carbocycles. The van der Waals surface area contributed by atoms with Gasteiger partial charge in [0.15, 0.2) is 0 Å². The van der Waals surface area contributed by atoms with Crippen LogP contribution in [-0.4, -0.2) is 37.4 Å². The Hall–Kier alpha value is -1.48. The van der Waals surface area contributed by atoms with Gasteiger partial charge >= 0.3 is 24.2 Å². The van der Waals surface area contributed by atoms with Crippen molar-refractivity contribution < 1.29 is 40.7 Å². The zero-order valence-corrected chi connectivity index (χ0v) is 7.41. The number of ether oxygens (including phenoxy) is 1. The van der Waals surface area contributed by atoms with Gasteiger partial charge in [0, 0.05) is 0 Å². The van der Waals surface area contributed by atoms with E-state index in [4.69, 9.17) is 0 Å². The molecule has 0 saturated heterocycles. The van der Waals surface area contributed by atoms with Crippen LogP contribution >= 0.6 is 0 Å². The van der Waals surface area contributed by atoms with Crippen molar-refractivity contribution in [1.82, 2.24) is 5.32 Å². The third kappa shape index (κ3) is 5.41. The standard InChI is InChI=1S/C6H5F6NO3/c7-5(8,9)3(14)13-1-2-16-4(15)6(10,11)12/h1-2H2,(H,13,14). The molecule has 0 spiro atoms. The van der Waals surface area contributed by atoms with Gasteiger partial charge in [-0.1, -0.05) is 0 Å². The molecule has 0 atom stereocenters. The van der Waals surface area contributed by atoms with Crippen LogP contribution in [0.2, 0.25) is 0 Å². The van der Waals surface area contributed by atoms with Crippen molar-refractivity contribution in [2.45, 2.75) is 12.4 Å². The quantitative estimate of drug-likeness (QED) is 0.459. The third-order valence-electron chi connectivity index (χ3n) is 1.11. The lowest BCUT2D eigenvalue weighted by Crippen LogP contribution is -2.39. The molecule has 0 aromatic rings. The maximum Gasteiger partial charge on any atom is 0.490 e. The van der Waals surface area contributed by atoms with Crippen molar-refractivity contribution in [2.75, 3.05) is 13.2 Å². The third-order valence-corrected chi connectivity index (χ3v) is 1.11. The lowest BCUT2D eigenvalue weighted by atomic mass is 10.5. The number of rotatable bonds is 3. The minimum Gasteiger partial charge on any atom is -0.457 e. The van der Waals surface area contributed by atoms with Gasteiger partial charge in [-0.25, -0.2) is 4.79 Å². The molecule has 0 aliphatic heterocycles. The maximum atomic E-state index is 11.5. The predicted molar refractivity (Wildman–Crippen MR) is 36.1 cm³/mol. The van der Waals surface area contributed by atoms with Crippen molar-refractivity contribution in [1.29, 1.82) is 0 Å². The van der Waals surface area contributed by atoms with E-state index in [0.29, 0.717) is 0 Å². The van der Waals surface area contributed by atoms with Crippen LogP contribution in [-0.2, 0) is 14.3 Å². The lowest BCUT2D eigenvalue weighted by molar-refractivity contribution is -0.199. The van der Waals surface area contributed by atoms with Crippen LogP contribution in [0.5, 0.6) is 0 Å². The minimum atomic E-state index is -5.21. The first kappa shape index (κ1) is 14.5. The van der Waals surface area contributed by atoms with Gasteiger partial charge in [-0.05, 0) is 0 Å². The lowest BCUT2D eigenvalue weighted by Gasteiger charge is -2.09. The largest absolute Gasteiger partial charge is 0.490 e. The van der Waals surface area contributed by atoms with E-state index in [-0.39, 0.29) is 0 Å². The van der Waals surface area contributed by atoms with Gasteiger partial charge in [0.25, 0.3) is 0 Å². The molecule has 0 aromatic carbocycles. The average Bonchev–Trinajstić information content (AvgIpc) is 2.08. The first-order valence-electron chi connectivity index (χ1n) is 3.64. The molecule has 0 fully saturated rings. The number of hydrogen-bond donors (Lipinski definition) is 1. The van der Waals surface area contributed by atoms with Crippen LogP contribution in [0, 0.1) is 0 Å². The van der Waals surface area contributed by atoms with Crippen molar-refractivity contribution in [2.24, 2.45) is 0 Å².